The third-order valence-electron chi connectivity index (χ3n) is 5.71. The zero-order chi connectivity index (χ0) is 17.9. The summed E-state index contributed by atoms with van der Waals surface area (Å²) in [5.74, 6) is 0.268. The zero-order valence-electron chi connectivity index (χ0n) is 15.0. The number of amides is 1. The summed E-state index contributed by atoms with van der Waals surface area (Å²) in [6.07, 6.45) is 3.54. The molecule has 26 heavy (non-hydrogen) atoms. The normalized spacial score (nSPS) is 20.2. The molecule has 2 heterocycles. The van der Waals surface area contributed by atoms with Crippen molar-refractivity contribution in [1.82, 2.24) is 9.80 Å². The molecular weight excluding hydrogens is 344 g/mol. The molecule has 0 unspecified atom stereocenters. The van der Waals surface area contributed by atoms with Gasteiger partial charge >= 0.3 is 0 Å². The van der Waals surface area contributed by atoms with Crippen LogP contribution in [0.2, 0.25) is 5.02 Å². The van der Waals surface area contributed by atoms with Crippen molar-refractivity contribution < 1.29 is 4.79 Å². The van der Waals surface area contributed by atoms with Crippen LogP contribution in [0.1, 0.15) is 29.5 Å². The largest absolute Gasteiger partial charge is 0.341 e. The Morgan fingerprint density at radius 3 is 2.77 bits per heavy atom. The smallest absolute Gasteiger partial charge is 0.222 e. The average Bonchev–Trinajstić information content (AvgIpc) is 3.16. The number of likely N-dealkylation sites (tertiary alicyclic amines) is 1. The van der Waals surface area contributed by atoms with Crippen molar-refractivity contribution in [3.05, 3.63) is 70.2 Å². The van der Waals surface area contributed by atoms with Crippen LogP contribution < -0.4 is 0 Å². The maximum atomic E-state index is 12.6. The molecule has 0 N–H and O–H groups in total. The second-order valence-electron chi connectivity index (χ2n) is 7.40. The van der Waals surface area contributed by atoms with E-state index in [1.54, 1.807) is 0 Å². The van der Waals surface area contributed by atoms with E-state index in [0.29, 0.717) is 12.5 Å². The molecule has 1 amide bonds. The molecule has 0 bridgehead atoms. The van der Waals surface area contributed by atoms with Gasteiger partial charge in [0.2, 0.25) is 5.91 Å². The summed E-state index contributed by atoms with van der Waals surface area (Å²) >= 11 is 6.03. The Balaban J connectivity index is 1.30. The number of carbonyl (C=O) groups is 1. The van der Waals surface area contributed by atoms with Crippen molar-refractivity contribution >= 4 is 17.5 Å². The summed E-state index contributed by atoms with van der Waals surface area (Å²) in [4.78, 5) is 17.2. The zero-order valence-corrected chi connectivity index (χ0v) is 15.8. The molecule has 2 aromatic carbocycles. The van der Waals surface area contributed by atoms with Gasteiger partial charge in [0.1, 0.15) is 0 Å². The second kappa shape index (κ2) is 7.81. The molecule has 2 aliphatic heterocycles. The molecule has 0 aromatic heterocycles. The van der Waals surface area contributed by atoms with E-state index < -0.39 is 0 Å². The van der Waals surface area contributed by atoms with E-state index in [4.69, 9.17) is 11.6 Å². The number of aryl methyl sites for hydroxylation is 1. The number of benzene rings is 2. The average molecular weight is 369 g/mol. The minimum atomic E-state index is 0.268. The Hall–Kier alpha value is -1.84. The first-order valence-corrected chi connectivity index (χ1v) is 9.90. The number of halogens is 1. The second-order valence-corrected chi connectivity index (χ2v) is 7.84. The summed E-state index contributed by atoms with van der Waals surface area (Å²) in [5, 5.41) is 0.738. The first-order chi connectivity index (χ1) is 12.7. The fraction of sp³-hybridized carbons (Fsp3) is 0.409. The lowest BCUT2D eigenvalue weighted by Gasteiger charge is -2.33. The van der Waals surface area contributed by atoms with E-state index in [2.05, 4.69) is 34.1 Å². The van der Waals surface area contributed by atoms with Crippen LogP contribution >= 0.6 is 11.6 Å². The lowest BCUT2D eigenvalue weighted by molar-refractivity contribution is -0.130. The van der Waals surface area contributed by atoms with Crippen molar-refractivity contribution in [2.24, 2.45) is 0 Å². The molecule has 2 aliphatic rings. The van der Waals surface area contributed by atoms with E-state index in [0.717, 1.165) is 56.0 Å². The van der Waals surface area contributed by atoms with Gasteiger partial charge in [-0.2, -0.15) is 0 Å². The Morgan fingerprint density at radius 2 is 1.92 bits per heavy atom. The van der Waals surface area contributed by atoms with Crippen LogP contribution in [0.4, 0.5) is 0 Å². The number of carbonyl (C=O) groups excluding carboxylic acids is 1. The lowest BCUT2D eigenvalue weighted by Crippen LogP contribution is -2.41. The van der Waals surface area contributed by atoms with Crippen LogP contribution in [0.15, 0.2) is 48.5 Å². The van der Waals surface area contributed by atoms with E-state index in [1.165, 1.54) is 11.1 Å². The number of nitrogens with zero attached hydrogens (tertiary/aromatic N) is 2. The predicted octanol–water partition coefficient (Wildman–Crippen LogP) is 3.93. The highest BCUT2D eigenvalue weighted by Gasteiger charge is 2.31. The fourth-order valence-electron chi connectivity index (χ4n) is 4.20. The Morgan fingerprint density at radius 1 is 1.08 bits per heavy atom. The monoisotopic (exact) mass is 368 g/mol. The van der Waals surface area contributed by atoms with Crippen molar-refractivity contribution in [2.75, 3.05) is 19.6 Å². The molecule has 2 aromatic rings. The van der Waals surface area contributed by atoms with Gasteiger partial charge in [0.15, 0.2) is 0 Å². The number of fused-ring (bicyclic) bond motifs is 1. The molecule has 136 valence electrons. The van der Waals surface area contributed by atoms with Gasteiger partial charge in [0, 0.05) is 43.7 Å². The lowest BCUT2D eigenvalue weighted by atomic mass is 9.98. The summed E-state index contributed by atoms with van der Waals surface area (Å²) < 4.78 is 0. The maximum Gasteiger partial charge on any atom is 0.222 e. The SMILES string of the molecule is O=C(CCc1cccc(Cl)c1)N1CC[C@@H](N2CCc3ccccc3C2)C1. The highest BCUT2D eigenvalue weighted by Crippen LogP contribution is 2.25. The molecule has 1 atom stereocenters. The Kier molecular flexibility index (Phi) is 5.28. The molecule has 0 saturated carbocycles. The van der Waals surface area contributed by atoms with E-state index >= 15 is 0 Å². The van der Waals surface area contributed by atoms with Crippen molar-refractivity contribution in [1.29, 1.82) is 0 Å². The molecule has 1 fully saturated rings. The van der Waals surface area contributed by atoms with Crippen LogP contribution in [0.3, 0.4) is 0 Å². The highest BCUT2D eigenvalue weighted by atomic mass is 35.5. The van der Waals surface area contributed by atoms with Gasteiger partial charge in [-0.1, -0.05) is 48.0 Å². The Labute approximate surface area is 160 Å². The molecule has 4 heteroatoms. The van der Waals surface area contributed by atoms with E-state index in [9.17, 15) is 4.79 Å². The van der Waals surface area contributed by atoms with Crippen LogP contribution in [-0.4, -0.2) is 41.4 Å². The fourth-order valence-corrected chi connectivity index (χ4v) is 4.41. The van der Waals surface area contributed by atoms with Crippen molar-refractivity contribution in [3.63, 3.8) is 0 Å². The first kappa shape index (κ1) is 17.6. The third kappa shape index (κ3) is 3.94. The topological polar surface area (TPSA) is 23.6 Å². The van der Waals surface area contributed by atoms with Gasteiger partial charge in [0.05, 0.1) is 0 Å². The van der Waals surface area contributed by atoms with Crippen LogP contribution in [0.5, 0.6) is 0 Å². The minimum absolute atomic E-state index is 0.268. The first-order valence-electron chi connectivity index (χ1n) is 9.52. The van der Waals surface area contributed by atoms with Crippen LogP contribution in [0.25, 0.3) is 0 Å². The molecule has 0 spiro atoms. The van der Waals surface area contributed by atoms with Gasteiger partial charge in [-0.25, -0.2) is 0 Å². The minimum Gasteiger partial charge on any atom is -0.341 e. The summed E-state index contributed by atoms with van der Waals surface area (Å²) in [5.41, 5.74) is 4.06. The van der Waals surface area contributed by atoms with Crippen molar-refractivity contribution in [2.45, 2.75) is 38.3 Å². The summed E-state index contributed by atoms with van der Waals surface area (Å²) in [6.45, 7) is 3.88. The Bertz CT molecular complexity index is 791. The van der Waals surface area contributed by atoms with Crippen LogP contribution in [-0.2, 0) is 24.2 Å². The van der Waals surface area contributed by atoms with Gasteiger partial charge in [-0.15, -0.1) is 0 Å². The number of hydrogen-bond acceptors (Lipinski definition) is 2. The molecule has 1 saturated heterocycles. The molecule has 3 nitrogen and oxygen atoms in total. The van der Waals surface area contributed by atoms with E-state index in [1.807, 2.05) is 24.3 Å². The molecule has 0 aliphatic carbocycles. The summed E-state index contributed by atoms with van der Waals surface area (Å²) in [6, 6.07) is 17.0. The molecule has 4 rings (SSSR count). The highest BCUT2D eigenvalue weighted by molar-refractivity contribution is 6.30. The van der Waals surface area contributed by atoms with Crippen LogP contribution in [0, 0.1) is 0 Å². The van der Waals surface area contributed by atoms with Gasteiger partial charge in [-0.3, -0.25) is 9.69 Å². The molecular formula is C22H25ClN2O. The number of rotatable bonds is 4. The van der Waals surface area contributed by atoms with Gasteiger partial charge < -0.3 is 4.90 Å². The molecule has 0 radical (unpaired) electrons. The van der Waals surface area contributed by atoms with Gasteiger partial charge in [-0.05, 0) is 48.1 Å². The van der Waals surface area contributed by atoms with Crippen molar-refractivity contribution in [3.8, 4) is 0 Å². The van der Waals surface area contributed by atoms with Gasteiger partial charge in [0.25, 0.3) is 0 Å². The standard InChI is InChI=1S/C22H25ClN2O/c23-20-7-3-4-17(14-20)8-9-22(26)25-13-11-21(16-25)24-12-10-18-5-1-2-6-19(18)15-24/h1-7,14,21H,8-13,15-16H2/t21-/m1/s1. The predicted molar refractivity (Wildman–Crippen MR) is 105 cm³/mol. The maximum absolute atomic E-state index is 12.6. The van der Waals surface area contributed by atoms with E-state index in [-0.39, 0.29) is 5.91 Å². The quantitative estimate of drug-likeness (QED) is 0.816. The summed E-state index contributed by atoms with van der Waals surface area (Å²) in [7, 11) is 0. The number of hydrogen-bond donors (Lipinski definition) is 0. The third-order valence-corrected chi connectivity index (χ3v) is 5.94.